The highest BCUT2D eigenvalue weighted by Crippen LogP contribution is 2.29. The van der Waals surface area contributed by atoms with Crippen LogP contribution in [0.3, 0.4) is 0 Å². The number of halogens is 1. The van der Waals surface area contributed by atoms with Crippen molar-refractivity contribution in [2.75, 3.05) is 13.2 Å². The van der Waals surface area contributed by atoms with Crippen LogP contribution >= 0.6 is 11.6 Å². The first kappa shape index (κ1) is 27.5. The van der Waals surface area contributed by atoms with Crippen molar-refractivity contribution < 1.29 is 23.8 Å². The highest BCUT2D eigenvalue weighted by molar-refractivity contribution is 6.30. The van der Waals surface area contributed by atoms with Crippen LogP contribution in [0.1, 0.15) is 43.0 Å². The van der Waals surface area contributed by atoms with Gasteiger partial charge in [0.15, 0.2) is 11.5 Å². The number of carbonyl (C=O) groups excluding carboxylic acids is 2. The maximum atomic E-state index is 12.6. The molecule has 0 radical (unpaired) electrons. The van der Waals surface area contributed by atoms with Gasteiger partial charge < -0.3 is 19.5 Å². The molecule has 0 aliphatic carbocycles. The van der Waals surface area contributed by atoms with Gasteiger partial charge in [-0.1, -0.05) is 54.1 Å². The zero-order chi connectivity index (χ0) is 26.5. The fraction of sp³-hybridized carbons (Fsp3) is 0.250. The summed E-state index contributed by atoms with van der Waals surface area (Å²) < 4.78 is 16.6. The van der Waals surface area contributed by atoms with Crippen LogP contribution in [0.5, 0.6) is 11.5 Å². The molecule has 3 aromatic rings. The first-order valence-corrected chi connectivity index (χ1v) is 12.3. The van der Waals surface area contributed by atoms with E-state index in [2.05, 4.69) is 15.8 Å². The molecular formula is C28H30ClN3O5. The van der Waals surface area contributed by atoms with E-state index in [-0.39, 0.29) is 18.9 Å². The molecule has 8 nitrogen and oxygen atoms in total. The lowest BCUT2D eigenvalue weighted by atomic mass is 10.0. The second-order valence-corrected chi connectivity index (χ2v) is 8.32. The number of alkyl carbamates (subject to hydrolysis) is 1. The molecule has 0 saturated heterocycles. The molecule has 2 N–H and O–H groups in total. The van der Waals surface area contributed by atoms with Crippen LogP contribution in [0.4, 0.5) is 4.79 Å². The van der Waals surface area contributed by atoms with Gasteiger partial charge in [0.25, 0.3) is 0 Å². The van der Waals surface area contributed by atoms with Gasteiger partial charge in [-0.25, -0.2) is 10.2 Å². The summed E-state index contributed by atoms with van der Waals surface area (Å²) in [5.41, 5.74) is 4.98. The van der Waals surface area contributed by atoms with Crippen LogP contribution in [0, 0.1) is 0 Å². The van der Waals surface area contributed by atoms with Crippen molar-refractivity contribution in [3.8, 4) is 11.5 Å². The molecule has 0 unspecified atom stereocenters. The first-order valence-electron chi connectivity index (χ1n) is 11.9. The third-order valence-electron chi connectivity index (χ3n) is 5.14. The third-order valence-corrected chi connectivity index (χ3v) is 5.39. The lowest BCUT2D eigenvalue weighted by Crippen LogP contribution is -2.33. The first-order chi connectivity index (χ1) is 18.0. The van der Waals surface area contributed by atoms with E-state index in [9.17, 15) is 9.59 Å². The number of hydrazone groups is 1. The van der Waals surface area contributed by atoms with Crippen molar-refractivity contribution in [2.45, 2.75) is 32.9 Å². The third kappa shape index (κ3) is 9.16. The summed E-state index contributed by atoms with van der Waals surface area (Å²) in [6, 6.07) is 21.4. The Balaban J connectivity index is 1.61. The molecule has 0 spiro atoms. The van der Waals surface area contributed by atoms with Gasteiger partial charge in [0, 0.05) is 5.02 Å². The number of amides is 2. The Labute approximate surface area is 221 Å². The molecule has 9 heteroatoms. The van der Waals surface area contributed by atoms with E-state index >= 15 is 0 Å². The second kappa shape index (κ2) is 14.5. The number of ether oxygens (including phenoxy) is 3. The summed E-state index contributed by atoms with van der Waals surface area (Å²) in [6.45, 7) is 4.66. The average molecular weight is 524 g/mol. The standard InChI is InChI=1S/C28H30ClN3O5/c1-3-35-26-16-21(12-15-25(26)37-19-20-10-13-23(29)14-11-20)18-30-32-27(33)17-24(31-28(34)36-4-2)22-8-6-5-7-9-22/h5-16,18,24H,3-4,17,19H2,1-2H3,(H,31,34)(H,32,33)/b30-18-/t24-/m0/s1. The fourth-order valence-corrected chi connectivity index (χ4v) is 3.52. The average Bonchev–Trinajstić information content (AvgIpc) is 2.89. The number of rotatable bonds is 12. The molecule has 0 fully saturated rings. The molecule has 0 saturated carbocycles. The lowest BCUT2D eigenvalue weighted by Gasteiger charge is -2.18. The van der Waals surface area contributed by atoms with Crippen molar-refractivity contribution in [3.63, 3.8) is 0 Å². The van der Waals surface area contributed by atoms with E-state index in [4.69, 9.17) is 25.8 Å². The molecule has 0 aromatic heterocycles. The van der Waals surface area contributed by atoms with Gasteiger partial charge in [-0.05, 0) is 60.9 Å². The van der Waals surface area contributed by atoms with Crippen molar-refractivity contribution in [1.82, 2.24) is 10.7 Å². The molecule has 194 valence electrons. The summed E-state index contributed by atoms with van der Waals surface area (Å²) in [7, 11) is 0. The van der Waals surface area contributed by atoms with Crippen molar-refractivity contribution in [2.24, 2.45) is 5.10 Å². The van der Waals surface area contributed by atoms with Gasteiger partial charge in [-0.2, -0.15) is 5.10 Å². The summed E-state index contributed by atoms with van der Waals surface area (Å²) in [4.78, 5) is 24.5. The number of nitrogens with one attached hydrogen (secondary N) is 2. The van der Waals surface area contributed by atoms with Gasteiger partial charge >= 0.3 is 6.09 Å². The normalized spacial score (nSPS) is 11.5. The zero-order valence-electron chi connectivity index (χ0n) is 20.8. The Morgan fingerprint density at radius 3 is 2.41 bits per heavy atom. The van der Waals surface area contributed by atoms with E-state index in [1.54, 1.807) is 19.1 Å². The number of nitrogens with zero attached hydrogens (tertiary/aromatic N) is 1. The van der Waals surface area contributed by atoms with Gasteiger partial charge in [0.05, 0.1) is 31.9 Å². The maximum absolute atomic E-state index is 12.6. The molecule has 3 rings (SSSR count). The SMILES string of the molecule is CCOC(=O)N[C@@H](CC(=O)N/N=C\c1ccc(OCc2ccc(Cl)cc2)c(OCC)c1)c1ccccc1. The largest absolute Gasteiger partial charge is 0.490 e. The maximum Gasteiger partial charge on any atom is 0.407 e. The Morgan fingerprint density at radius 1 is 0.946 bits per heavy atom. The molecule has 0 bridgehead atoms. The van der Waals surface area contributed by atoms with E-state index < -0.39 is 12.1 Å². The monoisotopic (exact) mass is 523 g/mol. The molecule has 1 atom stereocenters. The van der Waals surface area contributed by atoms with Gasteiger partial charge in [-0.3, -0.25) is 4.79 Å². The van der Waals surface area contributed by atoms with E-state index in [1.807, 2.05) is 67.6 Å². The minimum atomic E-state index is -0.588. The molecule has 0 heterocycles. The predicted molar refractivity (Wildman–Crippen MR) is 143 cm³/mol. The van der Waals surface area contributed by atoms with Crippen LogP contribution in [0.15, 0.2) is 77.9 Å². The van der Waals surface area contributed by atoms with E-state index in [0.717, 1.165) is 11.1 Å². The summed E-state index contributed by atoms with van der Waals surface area (Å²) in [6.07, 6.45) is 0.913. The molecule has 0 aliphatic rings. The van der Waals surface area contributed by atoms with Crippen LogP contribution in [-0.4, -0.2) is 31.4 Å². The minimum Gasteiger partial charge on any atom is -0.490 e. The van der Waals surface area contributed by atoms with Gasteiger partial charge in [-0.15, -0.1) is 0 Å². The molecule has 37 heavy (non-hydrogen) atoms. The van der Waals surface area contributed by atoms with Crippen LogP contribution in [-0.2, 0) is 16.1 Å². The Bertz CT molecular complexity index is 1190. The molecule has 0 aliphatic heterocycles. The predicted octanol–water partition coefficient (Wildman–Crippen LogP) is 5.65. The Hall–Kier alpha value is -4.04. The smallest absolute Gasteiger partial charge is 0.407 e. The number of hydrogen-bond acceptors (Lipinski definition) is 6. The quantitative estimate of drug-likeness (QED) is 0.236. The Morgan fingerprint density at radius 2 is 1.70 bits per heavy atom. The molecule has 2 amide bonds. The fourth-order valence-electron chi connectivity index (χ4n) is 3.40. The van der Waals surface area contributed by atoms with E-state index in [1.165, 1.54) is 6.21 Å². The van der Waals surface area contributed by atoms with E-state index in [0.29, 0.717) is 35.3 Å². The van der Waals surface area contributed by atoms with Crippen molar-refractivity contribution in [3.05, 3.63) is 94.5 Å². The Kier molecular flexibility index (Phi) is 10.8. The van der Waals surface area contributed by atoms with Crippen molar-refractivity contribution in [1.29, 1.82) is 0 Å². The highest BCUT2D eigenvalue weighted by atomic mass is 35.5. The highest BCUT2D eigenvalue weighted by Gasteiger charge is 2.18. The lowest BCUT2D eigenvalue weighted by molar-refractivity contribution is -0.121. The summed E-state index contributed by atoms with van der Waals surface area (Å²) in [5.74, 6) is 0.790. The number of benzene rings is 3. The van der Waals surface area contributed by atoms with Crippen LogP contribution in [0.25, 0.3) is 0 Å². The second-order valence-electron chi connectivity index (χ2n) is 7.88. The van der Waals surface area contributed by atoms with Gasteiger partial charge in [0.2, 0.25) is 5.91 Å². The van der Waals surface area contributed by atoms with Gasteiger partial charge in [0.1, 0.15) is 6.61 Å². The summed E-state index contributed by atoms with van der Waals surface area (Å²) in [5, 5.41) is 7.44. The zero-order valence-corrected chi connectivity index (χ0v) is 21.5. The van der Waals surface area contributed by atoms with Crippen molar-refractivity contribution >= 4 is 29.8 Å². The molecular weight excluding hydrogens is 494 g/mol. The summed E-state index contributed by atoms with van der Waals surface area (Å²) >= 11 is 5.94. The number of hydrogen-bond donors (Lipinski definition) is 2. The number of carbonyl (C=O) groups is 2. The molecule has 3 aromatic carbocycles. The van der Waals surface area contributed by atoms with Crippen LogP contribution < -0.4 is 20.2 Å². The van der Waals surface area contributed by atoms with Crippen LogP contribution in [0.2, 0.25) is 5.02 Å². The topological polar surface area (TPSA) is 98.2 Å². The minimum absolute atomic E-state index is 0.0121.